The second-order valence-corrected chi connectivity index (χ2v) is 8.77. The van der Waals surface area contributed by atoms with E-state index < -0.39 is 21.5 Å². The molecule has 0 aromatic heterocycles. The maximum atomic E-state index is 12.6. The Morgan fingerprint density at radius 2 is 2.08 bits per heavy atom. The number of carbonyl (C=O) groups excluding carboxylic acids is 2. The SMILES string of the molecule is CC(C)C(C)(CN)NC(=O)C1CC(=O)N(c2cccc(S(N)(=O)=O)c2)C1. The van der Waals surface area contributed by atoms with E-state index in [-0.39, 0.29) is 42.1 Å². The average molecular weight is 382 g/mol. The van der Waals surface area contributed by atoms with Gasteiger partial charge in [0.25, 0.3) is 0 Å². The number of carbonyl (C=O) groups is 2. The molecule has 9 heteroatoms. The molecular weight excluding hydrogens is 356 g/mol. The summed E-state index contributed by atoms with van der Waals surface area (Å²) in [4.78, 5) is 26.3. The minimum atomic E-state index is -3.87. The van der Waals surface area contributed by atoms with Crippen molar-refractivity contribution in [1.82, 2.24) is 5.32 Å². The lowest BCUT2D eigenvalue weighted by atomic mass is 9.87. The number of nitrogens with two attached hydrogens (primary N) is 2. The quantitative estimate of drug-likeness (QED) is 0.645. The van der Waals surface area contributed by atoms with Crippen LogP contribution in [0, 0.1) is 11.8 Å². The number of sulfonamides is 1. The van der Waals surface area contributed by atoms with Crippen LogP contribution in [0.5, 0.6) is 0 Å². The van der Waals surface area contributed by atoms with Crippen molar-refractivity contribution in [1.29, 1.82) is 0 Å². The lowest BCUT2D eigenvalue weighted by Gasteiger charge is -2.34. The molecule has 0 aliphatic carbocycles. The highest BCUT2D eigenvalue weighted by Crippen LogP contribution is 2.27. The highest BCUT2D eigenvalue weighted by atomic mass is 32.2. The summed E-state index contributed by atoms with van der Waals surface area (Å²) < 4.78 is 23.0. The summed E-state index contributed by atoms with van der Waals surface area (Å²) in [5, 5.41) is 8.09. The van der Waals surface area contributed by atoms with Gasteiger partial charge >= 0.3 is 0 Å². The summed E-state index contributed by atoms with van der Waals surface area (Å²) in [6.07, 6.45) is 0.0597. The zero-order valence-corrected chi connectivity index (χ0v) is 16.0. The van der Waals surface area contributed by atoms with Crippen molar-refractivity contribution in [2.24, 2.45) is 22.7 Å². The monoisotopic (exact) mass is 382 g/mol. The number of primary sulfonamides is 1. The van der Waals surface area contributed by atoms with Crippen LogP contribution >= 0.6 is 0 Å². The van der Waals surface area contributed by atoms with E-state index in [0.717, 1.165) is 0 Å². The van der Waals surface area contributed by atoms with Crippen molar-refractivity contribution in [3.8, 4) is 0 Å². The molecule has 1 saturated heterocycles. The third kappa shape index (κ3) is 4.22. The van der Waals surface area contributed by atoms with Crippen molar-refractivity contribution < 1.29 is 18.0 Å². The van der Waals surface area contributed by atoms with Crippen molar-refractivity contribution >= 4 is 27.5 Å². The molecule has 1 fully saturated rings. The lowest BCUT2D eigenvalue weighted by molar-refractivity contribution is -0.128. The van der Waals surface area contributed by atoms with Crippen LogP contribution in [0.15, 0.2) is 29.2 Å². The zero-order chi connectivity index (χ0) is 19.7. The van der Waals surface area contributed by atoms with Gasteiger partial charge in [0.2, 0.25) is 21.8 Å². The van der Waals surface area contributed by atoms with Gasteiger partial charge in [0, 0.05) is 25.2 Å². The van der Waals surface area contributed by atoms with Gasteiger partial charge in [0.1, 0.15) is 0 Å². The van der Waals surface area contributed by atoms with Crippen molar-refractivity contribution in [3.05, 3.63) is 24.3 Å². The van der Waals surface area contributed by atoms with E-state index in [2.05, 4.69) is 5.32 Å². The fourth-order valence-corrected chi connectivity index (χ4v) is 3.33. The standard InChI is InChI=1S/C17H26N4O4S/c1-11(2)17(3,10-18)20-16(23)12-7-15(22)21(9-12)13-5-4-6-14(8-13)26(19,24)25/h4-6,8,11-12H,7,9-10,18H2,1-3H3,(H,20,23)(H2,19,24,25). The Labute approximate surface area is 154 Å². The van der Waals surface area contributed by atoms with E-state index in [1.165, 1.54) is 23.1 Å². The number of rotatable bonds is 6. The van der Waals surface area contributed by atoms with Gasteiger partial charge in [-0.05, 0) is 31.0 Å². The van der Waals surface area contributed by atoms with Crippen LogP contribution in [-0.2, 0) is 19.6 Å². The molecule has 1 aliphatic rings. The molecule has 2 atom stereocenters. The Kier molecular flexibility index (Phi) is 5.74. The number of nitrogens with zero attached hydrogens (tertiary/aromatic N) is 1. The number of hydrogen-bond donors (Lipinski definition) is 3. The lowest BCUT2D eigenvalue weighted by Crippen LogP contribution is -2.56. The normalized spacial score (nSPS) is 20.3. The van der Waals surface area contributed by atoms with E-state index in [1.54, 1.807) is 6.07 Å². The Morgan fingerprint density at radius 3 is 2.62 bits per heavy atom. The molecule has 0 bridgehead atoms. The molecule has 26 heavy (non-hydrogen) atoms. The molecule has 0 spiro atoms. The predicted molar refractivity (Wildman–Crippen MR) is 98.7 cm³/mol. The minimum Gasteiger partial charge on any atom is -0.349 e. The van der Waals surface area contributed by atoms with Gasteiger partial charge in [0.15, 0.2) is 0 Å². The fourth-order valence-electron chi connectivity index (χ4n) is 2.78. The first-order chi connectivity index (χ1) is 12.0. The summed E-state index contributed by atoms with van der Waals surface area (Å²) in [5.74, 6) is -0.859. The first-order valence-corrected chi connectivity index (χ1v) is 9.98. The Balaban J connectivity index is 2.17. The Morgan fingerprint density at radius 1 is 1.42 bits per heavy atom. The van der Waals surface area contributed by atoms with Gasteiger partial charge in [-0.15, -0.1) is 0 Å². The van der Waals surface area contributed by atoms with Gasteiger partial charge in [-0.3, -0.25) is 9.59 Å². The second kappa shape index (κ2) is 7.34. The smallest absolute Gasteiger partial charge is 0.238 e. The van der Waals surface area contributed by atoms with Crippen LogP contribution in [0.25, 0.3) is 0 Å². The van der Waals surface area contributed by atoms with Crippen LogP contribution in [0.3, 0.4) is 0 Å². The highest BCUT2D eigenvalue weighted by molar-refractivity contribution is 7.89. The van der Waals surface area contributed by atoms with Crippen molar-refractivity contribution in [2.75, 3.05) is 18.0 Å². The maximum Gasteiger partial charge on any atom is 0.238 e. The second-order valence-electron chi connectivity index (χ2n) is 7.21. The van der Waals surface area contributed by atoms with Gasteiger partial charge in [-0.25, -0.2) is 13.6 Å². The van der Waals surface area contributed by atoms with E-state index in [0.29, 0.717) is 5.69 Å². The Bertz CT molecular complexity index is 809. The molecule has 144 valence electrons. The van der Waals surface area contributed by atoms with E-state index >= 15 is 0 Å². The van der Waals surface area contributed by atoms with Crippen LogP contribution in [0.4, 0.5) is 5.69 Å². The molecule has 1 aromatic carbocycles. The first-order valence-electron chi connectivity index (χ1n) is 8.43. The minimum absolute atomic E-state index is 0.0597. The summed E-state index contributed by atoms with van der Waals surface area (Å²) in [6, 6.07) is 5.83. The van der Waals surface area contributed by atoms with E-state index in [1.807, 2.05) is 20.8 Å². The molecule has 8 nitrogen and oxygen atoms in total. The van der Waals surface area contributed by atoms with E-state index in [4.69, 9.17) is 10.9 Å². The fraction of sp³-hybridized carbons (Fsp3) is 0.529. The van der Waals surface area contributed by atoms with Crippen molar-refractivity contribution in [3.63, 3.8) is 0 Å². The van der Waals surface area contributed by atoms with Crippen LogP contribution < -0.4 is 21.1 Å². The van der Waals surface area contributed by atoms with Gasteiger partial charge in [-0.2, -0.15) is 0 Å². The molecule has 1 aliphatic heterocycles. The van der Waals surface area contributed by atoms with Crippen LogP contribution in [0.1, 0.15) is 27.2 Å². The summed E-state index contributed by atoms with van der Waals surface area (Å²) >= 11 is 0. The third-order valence-electron chi connectivity index (χ3n) is 5.06. The Hall–Kier alpha value is -1.97. The molecule has 1 heterocycles. The first kappa shape index (κ1) is 20.3. The topological polar surface area (TPSA) is 136 Å². The zero-order valence-electron chi connectivity index (χ0n) is 15.2. The summed E-state index contributed by atoms with van der Waals surface area (Å²) in [6.45, 7) is 6.28. The number of hydrogen-bond acceptors (Lipinski definition) is 5. The number of nitrogens with one attached hydrogen (secondary N) is 1. The van der Waals surface area contributed by atoms with E-state index in [9.17, 15) is 18.0 Å². The average Bonchev–Trinajstić information content (AvgIpc) is 2.96. The molecule has 2 unspecified atom stereocenters. The summed E-state index contributed by atoms with van der Waals surface area (Å²) in [7, 11) is -3.87. The van der Waals surface area contributed by atoms with Crippen molar-refractivity contribution in [2.45, 2.75) is 37.6 Å². The molecular formula is C17H26N4O4S. The molecule has 5 N–H and O–H groups in total. The van der Waals surface area contributed by atoms with Gasteiger partial charge < -0.3 is 16.0 Å². The number of anilines is 1. The predicted octanol–water partition coefficient (Wildman–Crippen LogP) is 0.177. The van der Waals surface area contributed by atoms with Crippen LogP contribution in [-0.4, -0.2) is 38.9 Å². The van der Waals surface area contributed by atoms with Gasteiger partial charge in [-0.1, -0.05) is 19.9 Å². The largest absolute Gasteiger partial charge is 0.349 e. The molecule has 2 rings (SSSR count). The molecule has 0 radical (unpaired) electrons. The highest BCUT2D eigenvalue weighted by Gasteiger charge is 2.38. The summed E-state index contributed by atoms with van der Waals surface area (Å²) in [5.41, 5.74) is 5.65. The third-order valence-corrected chi connectivity index (χ3v) is 5.97. The van der Waals surface area contributed by atoms with Crippen LogP contribution in [0.2, 0.25) is 0 Å². The number of amides is 2. The number of benzene rings is 1. The molecule has 1 aromatic rings. The molecule has 0 saturated carbocycles. The maximum absolute atomic E-state index is 12.6. The molecule has 2 amide bonds. The van der Waals surface area contributed by atoms with Gasteiger partial charge in [0.05, 0.1) is 16.4 Å².